The zero-order chi connectivity index (χ0) is 23.4. The normalized spacial score (nSPS) is 27.3. The maximum absolute atomic E-state index is 13.9. The van der Waals surface area contributed by atoms with E-state index in [-0.39, 0.29) is 11.3 Å². The molecule has 4 bridgehead atoms. The van der Waals surface area contributed by atoms with E-state index in [4.69, 9.17) is 5.10 Å². The Balaban J connectivity index is 1.38. The summed E-state index contributed by atoms with van der Waals surface area (Å²) in [5.41, 5.74) is 5.13. The Hall–Kier alpha value is -2.89. The van der Waals surface area contributed by atoms with Crippen molar-refractivity contribution in [3.63, 3.8) is 0 Å². The molecule has 1 aromatic carbocycles. The van der Waals surface area contributed by atoms with E-state index < -0.39 is 0 Å². The summed E-state index contributed by atoms with van der Waals surface area (Å²) in [5.74, 6) is 2.47. The van der Waals surface area contributed by atoms with Gasteiger partial charge in [-0.3, -0.25) is 9.48 Å². The van der Waals surface area contributed by atoms with Crippen LogP contribution in [0.5, 0.6) is 0 Å². The predicted octanol–water partition coefficient (Wildman–Crippen LogP) is 5.14. The minimum absolute atomic E-state index is 0.0592. The van der Waals surface area contributed by atoms with Crippen LogP contribution in [0.3, 0.4) is 0 Å². The van der Waals surface area contributed by atoms with Crippen molar-refractivity contribution < 1.29 is 4.79 Å². The molecule has 0 spiro atoms. The first-order valence-electron chi connectivity index (χ1n) is 12.9. The van der Waals surface area contributed by atoms with Crippen molar-refractivity contribution in [2.75, 3.05) is 7.05 Å². The van der Waals surface area contributed by atoms with E-state index in [2.05, 4.69) is 31.1 Å². The maximum atomic E-state index is 13.9. The topological polar surface area (TPSA) is 56.0 Å². The molecule has 2 aromatic heterocycles. The van der Waals surface area contributed by atoms with Crippen molar-refractivity contribution in [3.05, 3.63) is 65.2 Å². The van der Waals surface area contributed by atoms with Gasteiger partial charge in [-0.2, -0.15) is 10.2 Å². The number of aryl methyl sites for hydroxylation is 1. The summed E-state index contributed by atoms with van der Waals surface area (Å²) in [4.78, 5) is 15.8. The molecule has 0 radical (unpaired) electrons. The number of aromatic nitrogens is 4. The quantitative estimate of drug-likeness (QED) is 0.515. The van der Waals surface area contributed by atoms with Crippen molar-refractivity contribution in [1.82, 2.24) is 24.5 Å². The molecule has 4 aliphatic rings. The SMILES string of the molecule is CCn1ncc(CN(C)C(=O)c2cn(-c3ccccc3)nc2C23CC4CC(CC(C4)C2)C3)c1C. The third-order valence-corrected chi connectivity index (χ3v) is 8.76. The van der Waals surface area contributed by atoms with E-state index in [1.54, 1.807) is 0 Å². The summed E-state index contributed by atoms with van der Waals surface area (Å²) in [6.07, 6.45) is 11.6. The van der Waals surface area contributed by atoms with Gasteiger partial charge < -0.3 is 4.90 Å². The Morgan fingerprint density at radius 3 is 2.32 bits per heavy atom. The number of rotatable bonds is 6. The van der Waals surface area contributed by atoms with Gasteiger partial charge in [-0.1, -0.05) is 18.2 Å². The highest BCUT2D eigenvalue weighted by Crippen LogP contribution is 2.61. The lowest BCUT2D eigenvalue weighted by molar-refractivity contribution is -0.00783. The number of carbonyl (C=O) groups excluding carboxylic acids is 1. The van der Waals surface area contributed by atoms with Crippen LogP contribution in [0.4, 0.5) is 0 Å². The van der Waals surface area contributed by atoms with Crippen LogP contribution in [0.25, 0.3) is 5.69 Å². The first-order chi connectivity index (χ1) is 16.5. The minimum Gasteiger partial charge on any atom is -0.337 e. The summed E-state index contributed by atoms with van der Waals surface area (Å²) >= 11 is 0. The molecule has 0 unspecified atom stereocenters. The Bertz CT molecular complexity index is 1170. The fourth-order valence-corrected chi connectivity index (χ4v) is 7.53. The van der Waals surface area contributed by atoms with Crippen molar-refractivity contribution in [1.29, 1.82) is 0 Å². The predicted molar refractivity (Wildman–Crippen MR) is 132 cm³/mol. The molecule has 3 aromatic rings. The lowest BCUT2D eigenvalue weighted by Crippen LogP contribution is -2.49. The third-order valence-electron chi connectivity index (χ3n) is 8.76. The highest BCUT2D eigenvalue weighted by molar-refractivity contribution is 5.95. The average Bonchev–Trinajstić information content (AvgIpc) is 3.43. The molecule has 34 heavy (non-hydrogen) atoms. The second-order valence-corrected chi connectivity index (χ2v) is 11.1. The second kappa shape index (κ2) is 8.10. The van der Waals surface area contributed by atoms with Crippen LogP contribution in [0.2, 0.25) is 0 Å². The summed E-state index contributed by atoms with van der Waals surface area (Å²) in [7, 11) is 1.91. The number of hydrogen-bond acceptors (Lipinski definition) is 3. The lowest BCUT2D eigenvalue weighted by atomic mass is 9.48. The highest BCUT2D eigenvalue weighted by Gasteiger charge is 2.54. The van der Waals surface area contributed by atoms with Crippen LogP contribution < -0.4 is 0 Å². The van der Waals surface area contributed by atoms with Gasteiger partial charge in [0.25, 0.3) is 5.91 Å². The number of para-hydroxylation sites is 1. The van der Waals surface area contributed by atoms with Crippen molar-refractivity contribution in [2.24, 2.45) is 17.8 Å². The van der Waals surface area contributed by atoms with E-state index in [0.29, 0.717) is 6.54 Å². The molecule has 1 amide bonds. The van der Waals surface area contributed by atoms with Crippen LogP contribution in [-0.4, -0.2) is 37.4 Å². The molecule has 7 rings (SSSR count). The fraction of sp³-hybridized carbons (Fsp3) is 0.536. The molecule has 178 valence electrons. The largest absolute Gasteiger partial charge is 0.337 e. The van der Waals surface area contributed by atoms with Crippen LogP contribution in [0, 0.1) is 24.7 Å². The van der Waals surface area contributed by atoms with Crippen molar-refractivity contribution in [3.8, 4) is 5.69 Å². The van der Waals surface area contributed by atoms with E-state index in [9.17, 15) is 4.79 Å². The Labute approximate surface area is 202 Å². The maximum Gasteiger partial charge on any atom is 0.257 e. The Morgan fingerprint density at radius 2 is 1.74 bits per heavy atom. The van der Waals surface area contributed by atoms with E-state index in [1.165, 1.54) is 38.5 Å². The molecular weight excluding hydrogens is 422 g/mol. The van der Waals surface area contributed by atoms with Crippen molar-refractivity contribution in [2.45, 2.75) is 70.9 Å². The molecule has 0 saturated heterocycles. The summed E-state index contributed by atoms with van der Waals surface area (Å²) < 4.78 is 3.93. The van der Waals surface area contributed by atoms with E-state index in [0.717, 1.165) is 52.5 Å². The van der Waals surface area contributed by atoms with E-state index >= 15 is 0 Å². The van der Waals surface area contributed by atoms with Crippen LogP contribution in [0.1, 0.15) is 72.8 Å². The summed E-state index contributed by atoms with van der Waals surface area (Å²) in [6, 6.07) is 10.2. The number of nitrogens with zero attached hydrogens (tertiary/aromatic N) is 5. The van der Waals surface area contributed by atoms with Gasteiger partial charge in [0.1, 0.15) is 0 Å². The molecule has 4 aliphatic carbocycles. The third kappa shape index (κ3) is 3.50. The molecule has 4 fully saturated rings. The van der Waals surface area contributed by atoms with E-state index in [1.807, 2.05) is 51.9 Å². The Kier molecular flexibility index (Phi) is 5.16. The number of carbonyl (C=O) groups is 1. The van der Waals surface area contributed by atoms with Gasteiger partial charge in [0.15, 0.2) is 0 Å². The molecular formula is C28H35N5O. The monoisotopic (exact) mass is 457 g/mol. The van der Waals surface area contributed by atoms with Gasteiger partial charge in [-0.25, -0.2) is 4.68 Å². The molecule has 2 heterocycles. The summed E-state index contributed by atoms with van der Waals surface area (Å²) in [5, 5.41) is 9.64. The molecule has 6 nitrogen and oxygen atoms in total. The smallest absolute Gasteiger partial charge is 0.257 e. The first-order valence-corrected chi connectivity index (χ1v) is 12.9. The summed E-state index contributed by atoms with van der Waals surface area (Å²) in [6.45, 7) is 5.57. The zero-order valence-corrected chi connectivity index (χ0v) is 20.6. The fourth-order valence-electron chi connectivity index (χ4n) is 7.53. The molecule has 4 saturated carbocycles. The van der Waals surface area contributed by atoms with Crippen LogP contribution >= 0.6 is 0 Å². The van der Waals surface area contributed by atoms with Crippen molar-refractivity contribution >= 4 is 5.91 Å². The van der Waals surface area contributed by atoms with Gasteiger partial charge in [-0.15, -0.1) is 0 Å². The zero-order valence-electron chi connectivity index (χ0n) is 20.6. The van der Waals surface area contributed by atoms with Gasteiger partial charge in [0.05, 0.1) is 23.1 Å². The van der Waals surface area contributed by atoms with Gasteiger partial charge in [0.2, 0.25) is 0 Å². The van der Waals surface area contributed by atoms with Crippen LogP contribution in [-0.2, 0) is 18.5 Å². The van der Waals surface area contributed by atoms with Gasteiger partial charge in [0, 0.05) is 43.0 Å². The van der Waals surface area contributed by atoms with Gasteiger partial charge >= 0.3 is 0 Å². The van der Waals surface area contributed by atoms with Gasteiger partial charge in [-0.05, 0) is 82.3 Å². The standard InChI is InChI=1S/C28H35N5O/c1-4-32-19(2)23(16-29-32)17-31(3)27(34)25-18-33(24-8-6-5-7-9-24)30-26(25)28-13-20-10-21(14-28)12-22(11-20)15-28/h5-9,16,18,20-22H,4,10-15,17H2,1-3H3. The number of hydrogen-bond donors (Lipinski definition) is 0. The molecule has 6 heteroatoms. The Morgan fingerprint density at radius 1 is 1.09 bits per heavy atom. The minimum atomic E-state index is 0.0592. The lowest BCUT2D eigenvalue weighted by Gasteiger charge is -2.56. The first kappa shape index (κ1) is 21.6. The second-order valence-electron chi connectivity index (χ2n) is 11.1. The molecule has 0 N–H and O–H groups in total. The average molecular weight is 458 g/mol. The number of benzene rings is 1. The molecule has 0 aliphatic heterocycles. The highest BCUT2D eigenvalue weighted by atomic mass is 16.2. The molecule has 0 atom stereocenters. The van der Waals surface area contributed by atoms with Crippen LogP contribution in [0.15, 0.2) is 42.7 Å². The number of amides is 1.